The molecule has 0 amide bonds. The Hall–Kier alpha value is -0.850. The van der Waals surface area contributed by atoms with Crippen LogP contribution in [0, 0.1) is 17.2 Å². The Bertz CT molecular complexity index is 353. The van der Waals surface area contributed by atoms with E-state index in [2.05, 4.69) is 0 Å². The average Bonchev–Trinajstić information content (AvgIpc) is 2.54. The summed E-state index contributed by atoms with van der Waals surface area (Å²) in [6, 6.07) is 5.31. The molecule has 0 spiro atoms. The molecule has 68 valence electrons. The lowest BCUT2D eigenvalue weighted by Crippen LogP contribution is -2.09. The van der Waals surface area contributed by atoms with Gasteiger partial charge < -0.3 is 0 Å². The lowest BCUT2D eigenvalue weighted by Gasteiger charge is -2.00. The van der Waals surface area contributed by atoms with Crippen LogP contribution in [-0.2, 0) is 0 Å². The fraction of sp³-hybridized carbons (Fsp3) is 0.333. The zero-order valence-electron chi connectivity index (χ0n) is 7.08. The third-order valence-electron chi connectivity index (χ3n) is 1.70. The summed E-state index contributed by atoms with van der Waals surface area (Å²) in [5.41, 5.74) is 0. The van der Waals surface area contributed by atoms with Crippen LogP contribution >= 0.6 is 22.9 Å². The van der Waals surface area contributed by atoms with Crippen LogP contribution in [0.4, 0.5) is 0 Å². The molecule has 1 atom stereocenters. The molecule has 0 aromatic carbocycles. The zero-order chi connectivity index (χ0) is 9.84. The summed E-state index contributed by atoms with van der Waals surface area (Å²) >= 11 is 6.90. The van der Waals surface area contributed by atoms with E-state index in [0.29, 0.717) is 15.6 Å². The van der Waals surface area contributed by atoms with Crippen molar-refractivity contribution >= 4 is 28.7 Å². The van der Waals surface area contributed by atoms with Crippen molar-refractivity contribution in [2.24, 2.45) is 5.92 Å². The van der Waals surface area contributed by atoms with Crippen molar-refractivity contribution in [3.63, 3.8) is 0 Å². The molecule has 0 aliphatic rings. The Labute approximate surface area is 85.8 Å². The lowest BCUT2D eigenvalue weighted by atomic mass is 10.0. The summed E-state index contributed by atoms with van der Waals surface area (Å²) in [5.74, 6) is -0.656. The first kappa shape index (κ1) is 10.2. The number of halogens is 1. The van der Waals surface area contributed by atoms with Crippen molar-refractivity contribution in [1.29, 1.82) is 5.26 Å². The average molecular weight is 214 g/mol. The monoisotopic (exact) mass is 213 g/mol. The van der Waals surface area contributed by atoms with E-state index in [9.17, 15) is 4.79 Å². The van der Waals surface area contributed by atoms with Gasteiger partial charge in [0, 0.05) is 0 Å². The largest absolute Gasteiger partial charge is 0.292 e. The number of hydrogen-bond acceptors (Lipinski definition) is 3. The van der Waals surface area contributed by atoms with E-state index in [1.165, 1.54) is 11.3 Å². The lowest BCUT2D eigenvalue weighted by molar-refractivity contribution is 0.0950. The molecule has 0 bridgehead atoms. The van der Waals surface area contributed by atoms with E-state index in [-0.39, 0.29) is 5.78 Å². The predicted octanol–water partition coefficient (Wildman–Crippen LogP) is 3.13. The quantitative estimate of drug-likeness (QED) is 0.724. The van der Waals surface area contributed by atoms with Gasteiger partial charge in [0.05, 0.1) is 15.3 Å². The van der Waals surface area contributed by atoms with Gasteiger partial charge in [0.1, 0.15) is 5.92 Å². The second kappa shape index (κ2) is 4.40. The number of thiophene rings is 1. The molecule has 1 aromatic heterocycles. The number of rotatable bonds is 3. The number of carbonyl (C=O) groups excluding carboxylic acids is 1. The maximum absolute atomic E-state index is 11.5. The minimum absolute atomic E-state index is 0.123. The molecule has 2 nitrogen and oxygen atoms in total. The van der Waals surface area contributed by atoms with E-state index in [1.54, 1.807) is 12.1 Å². The number of nitrogens with zero attached hydrogens (tertiary/aromatic N) is 1. The van der Waals surface area contributed by atoms with Gasteiger partial charge in [-0.25, -0.2) is 0 Å². The van der Waals surface area contributed by atoms with Gasteiger partial charge in [-0.2, -0.15) is 5.26 Å². The molecule has 0 aliphatic heterocycles. The zero-order valence-corrected chi connectivity index (χ0v) is 8.65. The van der Waals surface area contributed by atoms with Crippen LogP contribution in [0.3, 0.4) is 0 Å². The highest BCUT2D eigenvalue weighted by Gasteiger charge is 2.18. The van der Waals surface area contributed by atoms with E-state index in [0.717, 1.165) is 0 Å². The summed E-state index contributed by atoms with van der Waals surface area (Å²) in [7, 11) is 0. The first-order chi connectivity index (χ1) is 6.19. The van der Waals surface area contributed by atoms with Crippen molar-refractivity contribution in [2.75, 3.05) is 0 Å². The van der Waals surface area contributed by atoms with Gasteiger partial charge in [-0.1, -0.05) is 18.5 Å². The fourth-order valence-electron chi connectivity index (χ4n) is 0.954. The number of ketones is 1. The fourth-order valence-corrected chi connectivity index (χ4v) is 1.99. The van der Waals surface area contributed by atoms with Crippen molar-refractivity contribution in [3.8, 4) is 6.07 Å². The van der Waals surface area contributed by atoms with Crippen molar-refractivity contribution in [3.05, 3.63) is 21.3 Å². The minimum atomic E-state index is -0.533. The van der Waals surface area contributed by atoms with Crippen LogP contribution in [-0.4, -0.2) is 5.78 Å². The van der Waals surface area contributed by atoms with Gasteiger partial charge >= 0.3 is 0 Å². The Morgan fingerprint density at radius 2 is 2.46 bits per heavy atom. The van der Waals surface area contributed by atoms with Crippen LogP contribution < -0.4 is 0 Å². The highest BCUT2D eigenvalue weighted by atomic mass is 35.5. The van der Waals surface area contributed by atoms with Crippen LogP contribution in [0.5, 0.6) is 0 Å². The molecule has 0 saturated carbocycles. The molecule has 4 heteroatoms. The molecule has 1 aromatic rings. The van der Waals surface area contributed by atoms with Crippen LogP contribution in [0.1, 0.15) is 23.0 Å². The maximum atomic E-state index is 11.5. The number of Topliss-reactive ketones (excluding diaryl/α,β-unsaturated/α-hetero) is 1. The van der Waals surface area contributed by atoms with E-state index in [4.69, 9.17) is 16.9 Å². The first-order valence-electron chi connectivity index (χ1n) is 3.88. The molecular formula is C9H8ClNOS. The Kier molecular flexibility index (Phi) is 3.47. The summed E-state index contributed by atoms with van der Waals surface area (Å²) in [4.78, 5) is 12.1. The highest BCUT2D eigenvalue weighted by Crippen LogP contribution is 2.24. The molecule has 0 radical (unpaired) electrons. The topological polar surface area (TPSA) is 40.9 Å². The molecule has 0 fully saturated rings. The molecule has 13 heavy (non-hydrogen) atoms. The van der Waals surface area contributed by atoms with E-state index >= 15 is 0 Å². The summed E-state index contributed by atoms with van der Waals surface area (Å²) in [5, 5.41) is 8.67. The third kappa shape index (κ3) is 2.30. The smallest absolute Gasteiger partial charge is 0.189 e. The van der Waals surface area contributed by atoms with Crippen LogP contribution in [0.25, 0.3) is 0 Å². The molecule has 1 rings (SSSR count). The Morgan fingerprint density at radius 3 is 2.85 bits per heavy atom. The van der Waals surface area contributed by atoms with Gasteiger partial charge in [0.15, 0.2) is 5.78 Å². The number of nitriles is 1. The Balaban J connectivity index is 2.85. The SMILES string of the molecule is CCC(C#N)C(=O)c1ccc(Cl)s1. The highest BCUT2D eigenvalue weighted by molar-refractivity contribution is 7.18. The van der Waals surface area contributed by atoms with E-state index < -0.39 is 5.92 Å². The first-order valence-corrected chi connectivity index (χ1v) is 5.07. The molecular weight excluding hydrogens is 206 g/mol. The standard InChI is InChI=1S/C9H8ClNOS/c1-2-6(5-11)9(12)7-3-4-8(10)13-7/h3-4,6H,2H2,1H3. The molecule has 1 unspecified atom stereocenters. The number of hydrogen-bond donors (Lipinski definition) is 0. The number of carbonyl (C=O) groups is 1. The third-order valence-corrected chi connectivity index (χ3v) is 2.94. The van der Waals surface area contributed by atoms with Crippen LogP contribution in [0.2, 0.25) is 4.34 Å². The van der Waals surface area contributed by atoms with Gasteiger partial charge in [0.25, 0.3) is 0 Å². The van der Waals surface area contributed by atoms with Crippen molar-refractivity contribution in [1.82, 2.24) is 0 Å². The summed E-state index contributed by atoms with van der Waals surface area (Å²) < 4.78 is 0.580. The summed E-state index contributed by atoms with van der Waals surface area (Å²) in [6.45, 7) is 1.82. The molecule has 1 heterocycles. The molecule has 0 saturated heterocycles. The van der Waals surface area contributed by atoms with Crippen LogP contribution in [0.15, 0.2) is 12.1 Å². The Morgan fingerprint density at radius 1 is 1.77 bits per heavy atom. The molecule has 0 aliphatic carbocycles. The maximum Gasteiger partial charge on any atom is 0.189 e. The predicted molar refractivity (Wildman–Crippen MR) is 53.1 cm³/mol. The van der Waals surface area contributed by atoms with E-state index in [1.807, 2.05) is 13.0 Å². The second-order valence-corrected chi connectivity index (χ2v) is 4.27. The van der Waals surface area contributed by atoms with Crippen molar-refractivity contribution in [2.45, 2.75) is 13.3 Å². The van der Waals surface area contributed by atoms with Gasteiger partial charge in [-0.05, 0) is 18.6 Å². The van der Waals surface area contributed by atoms with Crippen molar-refractivity contribution < 1.29 is 4.79 Å². The minimum Gasteiger partial charge on any atom is -0.292 e. The molecule has 0 N–H and O–H groups in total. The normalized spacial score (nSPS) is 12.1. The second-order valence-electron chi connectivity index (χ2n) is 2.56. The van der Waals surface area contributed by atoms with Gasteiger partial charge in [-0.3, -0.25) is 4.79 Å². The van der Waals surface area contributed by atoms with Gasteiger partial charge in [0.2, 0.25) is 0 Å². The van der Waals surface area contributed by atoms with Gasteiger partial charge in [-0.15, -0.1) is 11.3 Å². The summed E-state index contributed by atoms with van der Waals surface area (Å²) in [6.07, 6.45) is 0.546.